The van der Waals surface area contributed by atoms with Gasteiger partial charge in [-0.05, 0) is 107 Å². The summed E-state index contributed by atoms with van der Waals surface area (Å²) in [5.74, 6) is 1.04. The molecular weight excluding hydrogens is 944 g/mol. The van der Waals surface area contributed by atoms with E-state index in [-0.39, 0.29) is 53.2 Å². The zero-order chi connectivity index (χ0) is 45.5. The van der Waals surface area contributed by atoms with Crippen LogP contribution in [0.25, 0.3) is 10.9 Å². The molecule has 9 aliphatic heterocycles. The second-order valence-corrected chi connectivity index (χ2v) is 23.0. The Hall–Kier alpha value is -1.28. The topological polar surface area (TPSA) is 120 Å². The van der Waals surface area contributed by atoms with Crippen molar-refractivity contribution in [3.63, 3.8) is 0 Å². The summed E-state index contributed by atoms with van der Waals surface area (Å²) < 4.78 is 41.1. The molecular formula is C51H76BrClN4O10. The van der Waals surface area contributed by atoms with Crippen LogP contribution in [0.2, 0.25) is 5.02 Å². The number of aromatic nitrogens is 1. The first-order chi connectivity index (χ1) is 31.8. The molecule has 2 aliphatic carbocycles. The van der Waals surface area contributed by atoms with Crippen molar-refractivity contribution in [1.29, 1.82) is 0 Å². The maximum absolute atomic E-state index is 6.78. The van der Waals surface area contributed by atoms with Gasteiger partial charge in [-0.25, -0.2) is 19.6 Å². The van der Waals surface area contributed by atoms with E-state index >= 15 is 0 Å². The van der Waals surface area contributed by atoms with Crippen molar-refractivity contribution >= 4 is 28.2 Å². The van der Waals surface area contributed by atoms with E-state index in [0.29, 0.717) is 41.9 Å². The maximum atomic E-state index is 6.78. The number of hydrogen-bond donors (Lipinski definition) is 1. The standard InChI is InChI=1S/C51H76ClN4O10.BrH/c1-32-9-13-40-34(3)44(59-46-50(40)38(32)15-18-48(5,61-46)63-65-50)57-29-7-22-55-23-27-56(28-24-55,26-21-54-42-17-20-53-43-31-36(52)11-12-37(42)43)25-8-30-58-45-35(4)41-14-10-33(2)39-16-19-49(6)62-47(60-45)51(39,41)66-64-49;/h11-12,17,20,31-35,38-41,44-47H,7-10,13-16,18-19,21-30H2,1-6H3,(H,53,54);1H/q+1;/p-1/t32-,33+,34-,35+,38+,39-,40+,41-,44?,45?,46+,47-,48-,49+,50-,51+;/m1./s1. The fraction of sp³-hybridized carbons (Fsp3) is 0.824. The van der Waals surface area contributed by atoms with Gasteiger partial charge in [0.05, 0.1) is 51.5 Å². The molecule has 4 bridgehead atoms. The van der Waals surface area contributed by atoms with Crippen LogP contribution in [0.3, 0.4) is 0 Å². The molecule has 0 radical (unpaired) electrons. The first kappa shape index (κ1) is 49.3. The van der Waals surface area contributed by atoms with Gasteiger partial charge in [-0.1, -0.05) is 39.3 Å². The lowest BCUT2D eigenvalue weighted by atomic mass is 9.58. The van der Waals surface area contributed by atoms with Crippen molar-refractivity contribution in [3.05, 3.63) is 35.5 Å². The molecule has 10 heterocycles. The molecule has 374 valence electrons. The smallest absolute Gasteiger partial charge is 0.201 e. The lowest BCUT2D eigenvalue weighted by molar-refractivity contribution is -0.930. The molecule has 1 aromatic carbocycles. The van der Waals surface area contributed by atoms with Crippen LogP contribution in [0.5, 0.6) is 0 Å². The summed E-state index contributed by atoms with van der Waals surface area (Å²) in [6, 6.07) is 8.00. The average Bonchev–Trinajstić information content (AvgIpc) is 3.68. The van der Waals surface area contributed by atoms with Gasteiger partial charge in [0.25, 0.3) is 0 Å². The number of fused-ring (bicyclic) bond motifs is 5. The summed E-state index contributed by atoms with van der Waals surface area (Å²) in [6.45, 7) is 22.6. The Labute approximate surface area is 413 Å². The van der Waals surface area contributed by atoms with Gasteiger partial charge in [0.15, 0.2) is 36.4 Å². The maximum Gasteiger partial charge on any atom is 0.201 e. The summed E-state index contributed by atoms with van der Waals surface area (Å²) >= 11 is 6.33. The quantitative estimate of drug-likeness (QED) is 0.143. The summed E-state index contributed by atoms with van der Waals surface area (Å²) in [5, 5.41) is 5.56. The molecule has 2 aromatic rings. The van der Waals surface area contributed by atoms with Gasteiger partial charge in [0.2, 0.25) is 11.6 Å². The highest BCUT2D eigenvalue weighted by molar-refractivity contribution is 6.31. The highest BCUT2D eigenvalue weighted by atomic mass is 79.9. The molecule has 67 heavy (non-hydrogen) atoms. The van der Waals surface area contributed by atoms with Crippen molar-refractivity contribution < 1.29 is 69.4 Å². The van der Waals surface area contributed by atoms with Crippen LogP contribution in [0.4, 0.5) is 5.69 Å². The van der Waals surface area contributed by atoms with Crippen molar-refractivity contribution in [2.75, 3.05) is 70.9 Å². The van der Waals surface area contributed by atoms with E-state index in [2.05, 4.69) is 55.0 Å². The van der Waals surface area contributed by atoms with Crippen LogP contribution in [-0.4, -0.2) is 128 Å². The number of ether oxygens (including phenoxy) is 6. The minimum Gasteiger partial charge on any atom is -1.00 e. The second kappa shape index (κ2) is 19.3. The molecule has 11 fully saturated rings. The number of nitrogens with zero attached hydrogens (tertiary/aromatic N) is 3. The third-order valence-corrected chi connectivity index (χ3v) is 18.8. The Morgan fingerprint density at radius 3 is 1.91 bits per heavy atom. The predicted octanol–water partition coefficient (Wildman–Crippen LogP) is 5.67. The molecule has 14 nitrogen and oxygen atoms in total. The molecule has 1 aromatic heterocycles. The monoisotopic (exact) mass is 1020 g/mol. The van der Waals surface area contributed by atoms with E-state index < -0.39 is 35.4 Å². The van der Waals surface area contributed by atoms with E-state index in [4.69, 9.17) is 59.6 Å². The van der Waals surface area contributed by atoms with E-state index in [1.54, 1.807) is 0 Å². The Morgan fingerprint density at radius 1 is 0.731 bits per heavy atom. The number of hydrogen-bond acceptors (Lipinski definition) is 13. The fourth-order valence-corrected chi connectivity index (χ4v) is 14.8. The first-order valence-electron chi connectivity index (χ1n) is 25.8. The molecule has 0 amide bonds. The van der Waals surface area contributed by atoms with Gasteiger partial charge < -0.3 is 55.2 Å². The Kier molecular flexibility index (Phi) is 14.2. The zero-order valence-corrected chi connectivity index (χ0v) is 43.0. The van der Waals surface area contributed by atoms with Crippen LogP contribution in [0.15, 0.2) is 30.5 Å². The number of quaternary nitrogens is 1. The number of nitrogens with one attached hydrogen (secondary N) is 1. The predicted molar refractivity (Wildman–Crippen MR) is 246 cm³/mol. The van der Waals surface area contributed by atoms with E-state index in [9.17, 15) is 0 Å². The van der Waals surface area contributed by atoms with Crippen LogP contribution < -0.4 is 22.3 Å². The number of benzene rings is 1. The third-order valence-electron chi connectivity index (χ3n) is 18.5. The van der Waals surface area contributed by atoms with Crippen LogP contribution in [0, 0.1) is 47.3 Å². The number of halogens is 2. The van der Waals surface area contributed by atoms with Crippen molar-refractivity contribution in [2.24, 2.45) is 47.3 Å². The van der Waals surface area contributed by atoms with E-state index in [1.807, 2.05) is 32.2 Å². The molecule has 1 N–H and O–H groups in total. The Bertz CT molecular complexity index is 2060. The molecule has 13 rings (SSSR count). The number of anilines is 1. The van der Waals surface area contributed by atoms with Crippen LogP contribution in [-0.2, 0) is 48.0 Å². The summed E-state index contributed by atoms with van der Waals surface area (Å²) in [7, 11) is 0. The van der Waals surface area contributed by atoms with Gasteiger partial charge in [0.1, 0.15) is 0 Å². The molecule has 9 saturated heterocycles. The lowest BCUT2D eigenvalue weighted by Crippen LogP contribution is -3.00. The summed E-state index contributed by atoms with van der Waals surface area (Å²) in [4.78, 5) is 32.0. The van der Waals surface area contributed by atoms with Gasteiger partial charge in [-0.15, -0.1) is 0 Å². The number of rotatable bonds is 14. The lowest BCUT2D eigenvalue weighted by Gasteiger charge is -2.60. The van der Waals surface area contributed by atoms with Gasteiger partial charge in [-0.2, -0.15) is 0 Å². The molecule has 16 atom stereocenters. The minimum absolute atomic E-state index is 0. The highest BCUT2D eigenvalue weighted by Gasteiger charge is 2.71. The average molecular weight is 1020 g/mol. The van der Waals surface area contributed by atoms with Crippen molar-refractivity contribution in [2.45, 2.75) is 154 Å². The molecule has 2 unspecified atom stereocenters. The molecule has 2 spiro atoms. The SMILES string of the molecule is C[C@@H]1CC[C@H]2[C@@H](C)C(OCCCN3CC[N+](CCCOC4O[C@@H]5O[C@]6(C)CC[C@@H]7[C@@H](C)CC[C@H]([C@@H]4C)[C@]57OO6)(CCNc4ccnc5cc(Cl)ccc45)CC3)O[C@H]3O[C@@]4(C)CC[C@@H]1[C@]32OO4.[Br-]. The van der Waals surface area contributed by atoms with Gasteiger partial charge in [-0.3, -0.25) is 9.88 Å². The number of pyridine rings is 1. The Balaban J connectivity index is 0.00000525. The normalized spacial score (nSPS) is 44.2. The van der Waals surface area contributed by atoms with Gasteiger partial charge in [0, 0.05) is 84.9 Å². The minimum atomic E-state index is -0.795. The highest BCUT2D eigenvalue weighted by Crippen LogP contribution is 2.62. The third kappa shape index (κ3) is 8.84. The molecule has 11 aliphatic rings. The van der Waals surface area contributed by atoms with E-state index in [1.165, 1.54) is 12.8 Å². The largest absolute Gasteiger partial charge is 1.00 e. The Morgan fingerprint density at radius 2 is 1.31 bits per heavy atom. The van der Waals surface area contributed by atoms with Crippen molar-refractivity contribution in [1.82, 2.24) is 9.88 Å². The molecule has 16 heteroatoms. The van der Waals surface area contributed by atoms with Gasteiger partial charge >= 0.3 is 0 Å². The van der Waals surface area contributed by atoms with Crippen LogP contribution in [0.1, 0.15) is 106 Å². The van der Waals surface area contributed by atoms with Crippen LogP contribution >= 0.6 is 11.6 Å². The van der Waals surface area contributed by atoms with E-state index in [0.717, 1.165) is 125 Å². The summed E-state index contributed by atoms with van der Waals surface area (Å²) in [6.07, 6.45) is 10.3. The first-order valence-corrected chi connectivity index (χ1v) is 26.2. The second-order valence-electron chi connectivity index (χ2n) is 22.5. The number of piperazine rings is 1. The summed E-state index contributed by atoms with van der Waals surface area (Å²) in [5.41, 5.74) is 0.847. The van der Waals surface area contributed by atoms with Crippen molar-refractivity contribution in [3.8, 4) is 0 Å². The molecule has 2 saturated carbocycles. The fourth-order valence-electron chi connectivity index (χ4n) is 14.6. The zero-order valence-electron chi connectivity index (χ0n) is 40.6.